The minimum absolute atomic E-state index is 0.199. The zero-order valence-corrected chi connectivity index (χ0v) is 15.0. The number of anilines is 3. The van der Waals surface area contributed by atoms with Crippen LogP contribution in [0.2, 0.25) is 0 Å². The minimum atomic E-state index is -0.462. The number of benzene rings is 2. The van der Waals surface area contributed by atoms with Crippen molar-refractivity contribution in [1.82, 2.24) is 4.98 Å². The first kappa shape index (κ1) is 18.6. The summed E-state index contributed by atoms with van der Waals surface area (Å²) in [6.07, 6.45) is 1.50. The number of carbonyl (C=O) groups excluding carboxylic acids is 2. The number of nitriles is 1. The molecular weight excluding hydrogens is 356 g/mol. The average molecular weight is 372 g/mol. The van der Waals surface area contributed by atoms with Gasteiger partial charge in [0.2, 0.25) is 0 Å². The Bertz CT molecular complexity index is 1060. The molecule has 1 aromatic heterocycles. The Hall–Kier alpha value is -4.18. The second-order valence-corrected chi connectivity index (χ2v) is 5.74. The summed E-state index contributed by atoms with van der Waals surface area (Å²) in [5.41, 5.74) is 2.79. The van der Waals surface area contributed by atoms with Gasteiger partial charge in [-0.25, -0.2) is 4.79 Å². The third-order valence-corrected chi connectivity index (χ3v) is 3.88. The van der Waals surface area contributed by atoms with Gasteiger partial charge in [-0.2, -0.15) is 5.26 Å². The smallest absolute Gasteiger partial charge is 0.339 e. The van der Waals surface area contributed by atoms with Gasteiger partial charge in [-0.3, -0.25) is 9.78 Å². The molecule has 0 bridgehead atoms. The molecule has 2 aromatic carbocycles. The summed E-state index contributed by atoms with van der Waals surface area (Å²) >= 11 is 0. The van der Waals surface area contributed by atoms with E-state index < -0.39 is 11.9 Å². The van der Waals surface area contributed by atoms with E-state index in [9.17, 15) is 9.59 Å². The van der Waals surface area contributed by atoms with Crippen molar-refractivity contribution in [3.8, 4) is 6.07 Å². The van der Waals surface area contributed by atoms with Gasteiger partial charge in [-0.1, -0.05) is 12.1 Å². The van der Waals surface area contributed by atoms with E-state index in [0.717, 1.165) is 0 Å². The van der Waals surface area contributed by atoms with Crippen LogP contribution in [0.4, 0.5) is 17.1 Å². The van der Waals surface area contributed by atoms with Crippen molar-refractivity contribution >= 4 is 28.9 Å². The lowest BCUT2D eigenvalue weighted by Gasteiger charge is -2.11. The summed E-state index contributed by atoms with van der Waals surface area (Å²) < 4.78 is 4.78. The van der Waals surface area contributed by atoms with Crippen molar-refractivity contribution in [2.45, 2.75) is 0 Å². The van der Waals surface area contributed by atoms with Crippen LogP contribution >= 0.6 is 0 Å². The standard InChI is InChI=1S/C21H16N4O3/c1-28-21(27)17-4-2-3-5-18(17)24-16-10-11-23-19(12-16)20(26)25-15-8-6-14(13-22)7-9-15/h2-12H,1H3,(H,23,24)(H,25,26). The highest BCUT2D eigenvalue weighted by atomic mass is 16.5. The van der Waals surface area contributed by atoms with E-state index in [1.54, 1.807) is 60.7 Å². The predicted octanol–water partition coefficient (Wildman–Crippen LogP) is 3.74. The number of para-hydroxylation sites is 1. The van der Waals surface area contributed by atoms with E-state index in [-0.39, 0.29) is 5.69 Å². The summed E-state index contributed by atoms with van der Waals surface area (Å²) in [6.45, 7) is 0. The molecule has 0 aliphatic heterocycles. The first-order valence-electron chi connectivity index (χ1n) is 8.32. The van der Waals surface area contributed by atoms with Gasteiger partial charge in [0.25, 0.3) is 5.91 Å². The van der Waals surface area contributed by atoms with Gasteiger partial charge >= 0.3 is 5.97 Å². The Labute approximate surface area is 161 Å². The number of nitrogens with one attached hydrogen (secondary N) is 2. The van der Waals surface area contributed by atoms with Gasteiger partial charge < -0.3 is 15.4 Å². The van der Waals surface area contributed by atoms with Gasteiger partial charge in [0.05, 0.1) is 30.0 Å². The molecule has 0 saturated carbocycles. The molecule has 3 rings (SSSR count). The molecule has 0 spiro atoms. The Morgan fingerprint density at radius 3 is 2.50 bits per heavy atom. The summed E-state index contributed by atoms with van der Waals surface area (Å²) in [5.74, 6) is -0.856. The Morgan fingerprint density at radius 2 is 1.79 bits per heavy atom. The number of esters is 1. The first-order valence-corrected chi connectivity index (χ1v) is 8.32. The van der Waals surface area contributed by atoms with E-state index in [0.29, 0.717) is 28.2 Å². The molecule has 7 nitrogen and oxygen atoms in total. The van der Waals surface area contributed by atoms with E-state index in [2.05, 4.69) is 15.6 Å². The fourth-order valence-electron chi connectivity index (χ4n) is 2.49. The number of nitrogens with zero attached hydrogens (tertiary/aromatic N) is 2. The molecule has 0 fully saturated rings. The zero-order valence-electron chi connectivity index (χ0n) is 15.0. The van der Waals surface area contributed by atoms with Crippen molar-refractivity contribution in [2.24, 2.45) is 0 Å². The number of hydrogen-bond donors (Lipinski definition) is 2. The highest BCUT2D eigenvalue weighted by Crippen LogP contribution is 2.22. The molecule has 0 radical (unpaired) electrons. The third-order valence-electron chi connectivity index (χ3n) is 3.88. The third kappa shape index (κ3) is 4.31. The normalized spacial score (nSPS) is 9.86. The van der Waals surface area contributed by atoms with Crippen LogP contribution < -0.4 is 10.6 Å². The van der Waals surface area contributed by atoms with Crippen LogP contribution in [0.1, 0.15) is 26.4 Å². The molecule has 1 amide bonds. The monoisotopic (exact) mass is 372 g/mol. The lowest BCUT2D eigenvalue weighted by atomic mass is 10.1. The highest BCUT2D eigenvalue weighted by Gasteiger charge is 2.13. The van der Waals surface area contributed by atoms with Crippen molar-refractivity contribution < 1.29 is 14.3 Å². The molecule has 1 heterocycles. The molecule has 0 aliphatic rings. The zero-order chi connectivity index (χ0) is 19.9. The van der Waals surface area contributed by atoms with E-state index in [1.165, 1.54) is 13.3 Å². The Balaban J connectivity index is 1.78. The molecule has 0 saturated heterocycles. The topological polar surface area (TPSA) is 104 Å². The van der Waals surface area contributed by atoms with Crippen LogP contribution in [0.3, 0.4) is 0 Å². The SMILES string of the molecule is COC(=O)c1ccccc1Nc1ccnc(C(=O)Nc2ccc(C#N)cc2)c1. The summed E-state index contributed by atoms with van der Waals surface area (Å²) in [7, 11) is 1.32. The molecule has 0 unspecified atom stereocenters. The molecular formula is C21H16N4O3. The molecule has 28 heavy (non-hydrogen) atoms. The fraction of sp³-hybridized carbons (Fsp3) is 0.0476. The average Bonchev–Trinajstić information content (AvgIpc) is 2.74. The second-order valence-electron chi connectivity index (χ2n) is 5.74. The summed E-state index contributed by atoms with van der Waals surface area (Å²) in [6, 6.07) is 18.7. The number of amides is 1. The predicted molar refractivity (Wildman–Crippen MR) is 104 cm³/mol. The number of hydrogen-bond acceptors (Lipinski definition) is 6. The molecule has 3 aromatic rings. The van der Waals surface area contributed by atoms with Gasteiger partial charge in [0.15, 0.2) is 0 Å². The van der Waals surface area contributed by atoms with Crippen molar-refractivity contribution in [3.63, 3.8) is 0 Å². The van der Waals surface area contributed by atoms with Crippen LogP contribution in [0, 0.1) is 11.3 Å². The largest absolute Gasteiger partial charge is 0.465 e. The first-order chi connectivity index (χ1) is 13.6. The van der Waals surface area contributed by atoms with Crippen LogP contribution in [0.15, 0.2) is 66.9 Å². The number of pyridine rings is 1. The van der Waals surface area contributed by atoms with Crippen LogP contribution in [-0.4, -0.2) is 24.0 Å². The van der Waals surface area contributed by atoms with Gasteiger partial charge in [-0.15, -0.1) is 0 Å². The Morgan fingerprint density at radius 1 is 1.04 bits per heavy atom. The Kier molecular flexibility index (Phi) is 5.63. The number of carbonyl (C=O) groups is 2. The second kappa shape index (κ2) is 8.47. The maximum atomic E-state index is 12.5. The van der Waals surface area contributed by atoms with Crippen LogP contribution in [0.25, 0.3) is 0 Å². The maximum absolute atomic E-state index is 12.5. The van der Waals surface area contributed by atoms with E-state index in [1.807, 2.05) is 6.07 Å². The molecule has 7 heteroatoms. The molecule has 138 valence electrons. The molecule has 0 atom stereocenters. The van der Waals surface area contributed by atoms with Gasteiger partial charge in [0.1, 0.15) is 5.69 Å². The van der Waals surface area contributed by atoms with Crippen molar-refractivity contribution in [3.05, 3.63) is 83.7 Å². The van der Waals surface area contributed by atoms with Gasteiger partial charge in [-0.05, 0) is 48.5 Å². The maximum Gasteiger partial charge on any atom is 0.339 e. The number of aromatic nitrogens is 1. The van der Waals surface area contributed by atoms with Crippen LogP contribution in [0.5, 0.6) is 0 Å². The molecule has 0 aliphatic carbocycles. The van der Waals surface area contributed by atoms with Crippen molar-refractivity contribution in [1.29, 1.82) is 5.26 Å². The quantitative estimate of drug-likeness (QED) is 0.661. The van der Waals surface area contributed by atoms with Crippen LogP contribution in [-0.2, 0) is 4.74 Å². The molecule has 2 N–H and O–H groups in total. The minimum Gasteiger partial charge on any atom is -0.465 e. The van der Waals surface area contributed by atoms with E-state index in [4.69, 9.17) is 10.00 Å². The van der Waals surface area contributed by atoms with Gasteiger partial charge in [0, 0.05) is 17.6 Å². The fourth-order valence-corrected chi connectivity index (χ4v) is 2.49. The number of ether oxygens (including phenoxy) is 1. The summed E-state index contributed by atoms with van der Waals surface area (Å²) in [5, 5.41) is 14.7. The van der Waals surface area contributed by atoms with Crippen molar-refractivity contribution in [2.75, 3.05) is 17.7 Å². The highest BCUT2D eigenvalue weighted by molar-refractivity contribution is 6.03. The number of rotatable bonds is 5. The lowest BCUT2D eigenvalue weighted by molar-refractivity contribution is 0.0601. The van der Waals surface area contributed by atoms with E-state index >= 15 is 0 Å². The number of methoxy groups -OCH3 is 1. The lowest BCUT2D eigenvalue weighted by Crippen LogP contribution is -2.14. The summed E-state index contributed by atoms with van der Waals surface area (Å²) in [4.78, 5) is 28.4.